The molecule has 2 nitrogen and oxygen atoms in total. The van der Waals surface area contributed by atoms with Crippen LogP contribution in [-0.4, -0.2) is 25.8 Å². The molecule has 0 aromatic heterocycles. The standard InChI is InChI=1S/C15H29NO/c1-2-7-14(6-1)8-3-11-16-12-4-9-15-10-5-13-17-15/h14-16H,1-13H2. The van der Waals surface area contributed by atoms with E-state index in [2.05, 4.69) is 5.32 Å². The topological polar surface area (TPSA) is 21.3 Å². The molecule has 1 unspecified atom stereocenters. The van der Waals surface area contributed by atoms with Gasteiger partial charge >= 0.3 is 0 Å². The summed E-state index contributed by atoms with van der Waals surface area (Å²) >= 11 is 0. The minimum Gasteiger partial charge on any atom is -0.378 e. The van der Waals surface area contributed by atoms with Gasteiger partial charge in [0.25, 0.3) is 0 Å². The Morgan fingerprint density at radius 1 is 0.882 bits per heavy atom. The van der Waals surface area contributed by atoms with Crippen LogP contribution in [0.5, 0.6) is 0 Å². The Labute approximate surface area is 107 Å². The van der Waals surface area contributed by atoms with E-state index in [4.69, 9.17) is 4.74 Å². The highest BCUT2D eigenvalue weighted by atomic mass is 16.5. The van der Waals surface area contributed by atoms with Crippen molar-refractivity contribution in [2.24, 2.45) is 5.92 Å². The normalized spacial score (nSPS) is 25.8. The fourth-order valence-electron chi connectivity index (χ4n) is 3.27. The molecule has 0 spiro atoms. The van der Waals surface area contributed by atoms with Crippen LogP contribution >= 0.6 is 0 Å². The minimum atomic E-state index is 0.579. The minimum absolute atomic E-state index is 0.579. The summed E-state index contributed by atoms with van der Waals surface area (Å²) in [5.74, 6) is 1.06. The molecule has 0 bridgehead atoms. The van der Waals surface area contributed by atoms with Crippen LogP contribution in [0.15, 0.2) is 0 Å². The van der Waals surface area contributed by atoms with Crippen LogP contribution in [0.25, 0.3) is 0 Å². The third-order valence-electron chi connectivity index (χ3n) is 4.34. The molecule has 1 atom stereocenters. The summed E-state index contributed by atoms with van der Waals surface area (Å²) in [6.45, 7) is 3.41. The molecule has 1 heterocycles. The summed E-state index contributed by atoms with van der Waals surface area (Å²) < 4.78 is 5.62. The van der Waals surface area contributed by atoms with Gasteiger partial charge in [0, 0.05) is 6.61 Å². The molecule has 2 heteroatoms. The van der Waals surface area contributed by atoms with Crippen LogP contribution in [0.1, 0.15) is 64.2 Å². The summed E-state index contributed by atoms with van der Waals surface area (Å²) in [5.41, 5.74) is 0. The summed E-state index contributed by atoms with van der Waals surface area (Å²) in [4.78, 5) is 0. The zero-order valence-corrected chi connectivity index (χ0v) is 11.3. The van der Waals surface area contributed by atoms with Crippen molar-refractivity contribution in [1.29, 1.82) is 0 Å². The molecule has 2 rings (SSSR count). The van der Waals surface area contributed by atoms with Crippen molar-refractivity contribution in [3.05, 3.63) is 0 Å². The van der Waals surface area contributed by atoms with Gasteiger partial charge in [-0.25, -0.2) is 0 Å². The van der Waals surface area contributed by atoms with Crippen LogP contribution in [0.3, 0.4) is 0 Å². The van der Waals surface area contributed by atoms with Crippen LogP contribution in [0.4, 0.5) is 0 Å². The van der Waals surface area contributed by atoms with E-state index in [1.807, 2.05) is 0 Å². The predicted molar refractivity (Wildman–Crippen MR) is 72.3 cm³/mol. The van der Waals surface area contributed by atoms with E-state index in [0.29, 0.717) is 6.10 Å². The van der Waals surface area contributed by atoms with Crippen molar-refractivity contribution in [3.8, 4) is 0 Å². The van der Waals surface area contributed by atoms with Crippen molar-refractivity contribution < 1.29 is 4.74 Å². The molecule has 1 saturated carbocycles. The highest BCUT2D eigenvalue weighted by molar-refractivity contribution is 4.68. The molecule has 1 saturated heterocycles. The second-order valence-electron chi connectivity index (χ2n) is 5.82. The zero-order chi connectivity index (χ0) is 11.8. The molecule has 1 N–H and O–H groups in total. The van der Waals surface area contributed by atoms with E-state index < -0.39 is 0 Å². The monoisotopic (exact) mass is 239 g/mol. The van der Waals surface area contributed by atoms with Crippen LogP contribution in [0, 0.1) is 5.92 Å². The highest BCUT2D eigenvalue weighted by Gasteiger charge is 2.15. The van der Waals surface area contributed by atoms with Gasteiger partial charge in [0.1, 0.15) is 0 Å². The molecule has 0 amide bonds. The summed E-state index contributed by atoms with van der Waals surface area (Å²) in [6.07, 6.45) is 14.5. The predicted octanol–water partition coefficient (Wildman–Crippen LogP) is 3.51. The summed E-state index contributed by atoms with van der Waals surface area (Å²) in [7, 11) is 0. The Bertz CT molecular complexity index is 163. The van der Waals surface area contributed by atoms with Crippen molar-refractivity contribution in [2.45, 2.75) is 70.3 Å². The van der Waals surface area contributed by atoms with Gasteiger partial charge in [0.15, 0.2) is 0 Å². The first-order valence-corrected chi connectivity index (χ1v) is 7.77. The maximum Gasteiger partial charge on any atom is 0.0576 e. The Kier molecular flexibility index (Phi) is 6.36. The van der Waals surface area contributed by atoms with Crippen LogP contribution in [0.2, 0.25) is 0 Å². The lowest BCUT2D eigenvalue weighted by molar-refractivity contribution is 0.102. The van der Waals surface area contributed by atoms with Crippen LogP contribution in [-0.2, 0) is 4.74 Å². The second kappa shape index (κ2) is 8.10. The SMILES string of the molecule is C1CCC(CCCNCCCC2CCCO2)C1. The lowest BCUT2D eigenvalue weighted by Gasteiger charge is -2.11. The molecule has 0 aromatic rings. The Balaban J connectivity index is 1.33. The molecule has 2 aliphatic rings. The van der Waals surface area contributed by atoms with E-state index in [1.165, 1.54) is 77.3 Å². The molecule has 1 aliphatic heterocycles. The first-order chi connectivity index (χ1) is 8.45. The Morgan fingerprint density at radius 3 is 2.35 bits per heavy atom. The number of nitrogens with one attached hydrogen (secondary N) is 1. The lowest BCUT2D eigenvalue weighted by atomic mass is 10.0. The van der Waals surface area contributed by atoms with Crippen molar-refractivity contribution >= 4 is 0 Å². The first-order valence-electron chi connectivity index (χ1n) is 7.77. The number of hydrogen-bond donors (Lipinski definition) is 1. The van der Waals surface area contributed by atoms with Gasteiger partial charge in [-0.15, -0.1) is 0 Å². The highest BCUT2D eigenvalue weighted by Crippen LogP contribution is 2.28. The molecule has 0 aromatic carbocycles. The molecular formula is C15H29NO. The number of rotatable bonds is 8. The third-order valence-corrected chi connectivity index (χ3v) is 4.34. The van der Waals surface area contributed by atoms with Gasteiger partial charge in [-0.1, -0.05) is 25.7 Å². The fourth-order valence-corrected chi connectivity index (χ4v) is 3.27. The third kappa shape index (κ3) is 5.39. The van der Waals surface area contributed by atoms with Crippen molar-refractivity contribution in [2.75, 3.05) is 19.7 Å². The molecule has 100 valence electrons. The molecule has 17 heavy (non-hydrogen) atoms. The van der Waals surface area contributed by atoms with E-state index in [-0.39, 0.29) is 0 Å². The molecular weight excluding hydrogens is 210 g/mol. The van der Waals surface area contributed by atoms with Crippen LogP contribution < -0.4 is 5.32 Å². The summed E-state index contributed by atoms with van der Waals surface area (Å²) in [5, 5.41) is 3.58. The van der Waals surface area contributed by atoms with Gasteiger partial charge in [0.2, 0.25) is 0 Å². The van der Waals surface area contributed by atoms with E-state index in [0.717, 1.165) is 12.5 Å². The number of ether oxygens (including phenoxy) is 1. The molecule has 0 radical (unpaired) electrons. The largest absolute Gasteiger partial charge is 0.378 e. The first kappa shape index (κ1) is 13.4. The lowest BCUT2D eigenvalue weighted by Crippen LogP contribution is -2.19. The summed E-state index contributed by atoms with van der Waals surface area (Å²) in [6, 6.07) is 0. The fraction of sp³-hybridized carbons (Fsp3) is 1.00. The molecule has 2 fully saturated rings. The van der Waals surface area contributed by atoms with Gasteiger partial charge in [0.05, 0.1) is 6.10 Å². The van der Waals surface area contributed by atoms with E-state index >= 15 is 0 Å². The quantitative estimate of drug-likeness (QED) is 0.655. The maximum absolute atomic E-state index is 5.62. The second-order valence-corrected chi connectivity index (χ2v) is 5.82. The average Bonchev–Trinajstić information content (AvgIpc) is 3.00. The van der Waals surface area contributed by atoms with Crippen molar-refractivity contribution in [1.82, 2.24) is 5.32 Å². The number of hydrogen-bond acceptors (Lipinski definition) is 2. The van der Waals surface area contributed by atoms with Gasteiger partial charge < -0.3 is 10.1 Å². The van der Waals surface area contributed by atoms with Gasteiger partial charge in [-0.2, -0.15) is 0 Å². The zero-order valence-electron chi connectivity index (χ0n) is 11.3. The average molecular weight is 239 g/mol. The smallest absolute Gasteiger partial charge is 0.0576 e. The van der Waals surface area contributed by atoms with E-state index in [9.17, 15) is 0 Å². The maximum atomic E-state index is 5.62. The van der Waals surface area contributed by atoms with Crippen molar-refractivity contribution in [3.63, 3.8) is 0 Å². The Morgan fingerprint density at radius 2 is 1.65 bits per heavy atom. The van der Waals surface area contributed by atoms with Gasteiger partial charge in [-0.3, -0.25) is 0 Å². The van der Waals surface area contributed by atoms with Gasteiger partial charge in [-0.05, 0) is 57.5 Å². The molecule has 1 aliphatic carbocycles. The Hall–Kier alpha value is -0.0800. The van der Waals surface area contributed by atoms with E-state index in [1.54, 1.807) is 0 Å².